The molecule has 0 saturated carbocycles. The summed E-state index contributed by atoms with van der Waals surface area (Å²) in [5.41, 5.74) is 3.02. The Bertz CT molecular complexity index is 529. The Kier molecular flexibility index (Phi) is 3.64. The maximum Gasteiger partial charge on any atom is 0.224 e. The highest BCUT2D eigenvalue weighted by molar-refractivity contribution is 8.14. The van der Waals surface area contributed by atoms with E-state index < -0.39 is 0 Å². The van der Waals surface area contributed by atoms with Gasteiger partial charge in [-0.3, -0.25) is 4.79 Å². The highest BCUT2D eigenvalue weighted by Gasteiger charge is 2.09. The SMILES string of the molecule is Cc1ccc(SC(=O)c2ccccc2C)cc1. The first kappa shape index (κ1) is 11.9. The lowest BCUT2D eigenvalue weighted by molar-refractivity contribution is 0.108. The summed E-state index contributed by atoms with van der Waals surface area (Å²) in [6.45, 7) is 4.00. The molecule has 0 fully saturated rings. The third-order valence-electron chi connectivity index (χ3n) is 2.60. The van der Waals surface area contributed by atoms with E-state index in [2.05, 4.69) is 0 Å². The van der Waals surface area contributed by atoms with Gasteiger partial charge in [-0.1, -0.05) is 42.0 Å². The van der Waals surface area contributed by atoms with Gasteiger partial charge in [-0.25, -0.2) is 0 Å². The zero-order valence-electron chi connectivity index (χ0n) is 9.94. The number of hydrogen-bond donors (Lipinski definition) is 0. The monoisotopic (exact) mass is 242 g/mol. The Morgan fingerprint density at radius 3 is 2.24 bits per heavy atom. The van der Waals surface area contributed by atoms with Crippen LogP contribution >= 0.6 is 11.8 Å². The Hall–Kier alpha value is -1.54. The molecule has 0 aliphatic carbocycles. The first-order chi connectivity index (χ1) is 8.16. The standard InChI is InChI=1S/C15H14OS/c1-11-7-9-13(10-8-11)17-15(16)14-6-4-3-5-12(14)2/h3-10H,1-2H3. The van der Waals surface area contributed by atoms with E-state index in [1.165, 1.54) is 17.3 Å². The zero-order valence-corrected chi connectivity index (χ0v) is 10.8. The smallest absolute Gasteiger partial charge is 0.224 e. The Balaban J connectivity index is 2.17. The van der Waals surface area contributed by atoms with Gasteiger partial charge in [-0.05, 0) is 43.3 Å². The molecule has 2 aromatic rings. The second-order valence-electron chi connectivity index (χ2n) is 4.02. The fourth-order valence-corrected chi connectivity index (χ4v) is 2.40. The van der Waals surface area contributed by atoms with Crippen LogP contribution in [0.1, 0.15) is 21.5 Å². The van der Waals surface area contributed by atoms with Crippen LogP contribution < -0.4 is 0 Å². The fourth-order valence-electron chi connectivity index (χ4n) is 1.57. The van der Waals surface area contributed by atoms with Crippen molar-refractivity contribution in [3.63, 3.8) is 0 Å². The Morgan fingerprint density at radius 2 is 1.59 bits per heavy atom. The first-order valence-corrected chi connectivity index (χ1v) is 6.33. The van der Waals surface area contributed by atoms with Crippen LogP contribution in [0.3, 0.4) is 0 Å². The molecule has 2 aromatic carbocycles. The van der Waals surface area contributed by atoms with E-state index in [1.54, 1.807) is 0 Å². The van der Waals surface area contributed by atoms with Crippen molar-refractivity contribution in [1.29, 1.82) is 0 Å². The third-order valence-corrected chi connectivity index (χ3v) is 3.51. The number of thioether (sulfide) groups is 1. The van der Waals surface area contributed by atoms with Gasteiger partial charge in [0, 0.05) is 10.5 Å². The van der Waals surface area contributed by atoms with Crippen LogP contribution in [0.5, 0.6) is 0 Å². The molecule has 0 aromatic heterocycles. The fraction of sp³-hybridized carbons (Fsp3) is 0.133. The molecule has 0 saturated heterocycles. The van der Waals surface area contributed by atoms with E-state index in [4.69, 9.17) is 0 Å². The molecule has 17 heavy (non-hydrogen) atoms. The van der Waals surface area contributed by atoms with E-state index in [0.717, 1.165) is 16.0 Å². The molecule has 0 N–H and O–H groups in total. The van der Waals surface area contributed by atoms with Crippen molar-refractivity contribution < 1.29 is 4.79 Å². The van der Waals surface area contributed by atoms with Gasteiger partial charge in [-0.2, -0.15) is 0 Å². The summed E-state index contributed by atoms with van der Waals surface area (Å²) in [5, 5.41) is 0.104. The van der Waals surface area contributed by atoms with Crippen molar-refractivity contribution in [2.75, 3.05) is 0 Å². The highest BCUT2D eigenvalue weighted by atomic mass is 32.2. The first-order valence-electron chi connectivity index (χ1n) is 5.51. The Morgan fingerprint density at radius 1 is 0.941 bits per heavy atom. The molecular weight excluding hydrogens is 228 g/mol. The normalized spacial score (nSPS) is 10.2. The van der Waals surface area contributed by atoms with Crippen molar-refractivity contribution in [3.8, 4) is 0 Å². The molecule has 0 heterocycles. The van der Waals surface area contributed by atoms with Crippen molar-refractivity contribution in [1.82, 2.24) is 0 Å². The number of hydrogen-bond acceptors (Lipinski definition) is 2. The van der Waals surface area contributed by atoms with Crippen molar-refractivity contribution in [2.45, 2.75) is 18.7 Å². The predicted octanol–water partition coefficient (Wildman–Crippen LogP) is 4.24. The summed E-state index contributed by atoms with van der Waals surface area (Å²) >= 11 is 1.28. The molecule has 0 atom stereocenters. The molecule has 0 radical (unpaired) electrons. The number of benzene rings is 2. The van der Waals surface area contributed by atoms with Crippen LogP contribution in [0.25, 0.3) is 0 Å². The minimum absolute atomic E-state index is 0.104. The summed E-state index contributed by atoms with van der Waals surface area (Å²) in [6.07, 6.45) is 0. The molecule has 0 aliphatic heterocycles. The molecular formula is C15H14OS. The van der Waals surface area contributed by atoms with Crippen LogP contribution in [0.2, 0.25) is 0 Å². The minimum Gasteiger partial charge on any atom is -0.281 e. The molecule has 2 rings (SSSR count). The summed E-state index contributed by atoms with van der Waals surface area (Å²) in [7, 11) is 0. The zero-order chi connectivity index (χ0) is 12.3. The van der Waals surface area contributed by atoms with E-state index in [0.29, 0.717) is 0 Å². The van der Waals surface area contributed by atoms with E-state index in [-0.39, 0.29) is 5.12 Å². The molecule has 1 nitrogen and oxygen atoms in total. The van der Waals surface area contributed by atoms with Gasteiger partial charge >= 0.3 is 0 Å². The minimum atomic E-state index is 0.104. The summed E-state index contributed by atoms with van der Waals surface area (Å²) < 4.78 is 0. The third kappa shape index (κ3) is 2.98. The summed E-state index contributed by atoms with van der Waals surface area (Å²) in [4.78, 5) is 13.1. The van der Waals surface area contributed by atoms with Gasteiger partial charge in [0.15, 0.2) is 0 Å². The summed E-state index contributed by atoms with van der Waals surface area (Å²) in [6, 6.07) is 15.7. The van der Waals surface area contributed by atoms with Crippen LogP contribution in [-0.2, 0) is 0 Å². The number of carbonyl (C=O) groups is 1. The predicted molar refractivity (Wildman–Crippen MR) is 72.5 cm³/mol. The molecule has 86 valence electrons. The Labute approximate surface area is 106 Å². The summed E-state index contributed by atoms with van der Waals surface area (Å²) in [5.74, 6) is 0. The van der Waals surface area contributed by atoms with Crippen LogP contribution in [0, 0.1) is 13.8 Å². The second kappa shape index (κ2) is 5.19. The van der Waals surface area contributed by atoms with E-state index in [1.807, 2.05) is 62.4 Å². The quantitative estimate of drug-likeness (QED) is 0.733. The number of rotatable bonds is 2. The van der Waals surface area contributed by atoms with Crippen molar-refractivity contribution in [2.24, 2.45) is 0 Å². The maximum atomic E-state index is 12.1. The van der Waals surface area contributed by atoms with Crippen LogP contribution in [0.15, 0.2) is 53.4 Å². The molecule has 0 aliphatic rings. The van der Waals surface area contributed by atoms with Gasteiger partial charge in [0.2, 0.25) is 5.12 Å². The molecule has 0 amide bonds. The van der Waals surface area contributed by atoms with Gasteiger partial charge in [-0.15, -0.1) is 0 Å². The number of aryl methyl sites for hydroxylation is 2. The van der Waals surface area contributed by atoms with E-state index >= 15 is 0 Å². The second-order valence-corrected chi connectivity index (χ2v) is 5.06. The van der Waals surface area contributed by atoms with Gasteiger partial charge in [0.25, 0.3) is 0 Å². The average molecular weight is 242 g/mol. The molecule has 2 heteroatoms. The molecule has 0 spiro atoms. The lowest BCUT2D eigenvalue weighted by atomic mass is 10.1. The van der Waals surface area contributed by atoms with Gasteiger partial charge in [0.05, 0.1) is 0 Å². The molecule has 0 bridgehead atoms. The largest absolute Gasteiger partial charge is 0.281 e. The lowest BCUT2D eigenvalue weighted by Crippen LogP contribution is -1.96. The topological polar surface area (TPSA) is 17.1 Å². The van der Waals surface area contributed by atoms with Gasteiger partial charge < -0.3 is 0 Å². The van der Waals surface area contributed by atoms with E-state index in [9.17, 15) is 4.79 Å². The lowest BCUT2D eigenvalue weighted by Gasteiger charge is -2.04. The maximum absolute atomic E-state index is 12.1. The van der Waals surface area contributed by atoms with Gasteiger partial charge in [0.1, 0.15) is 0 Å². The molecule has 0 unspecified atom stereocenters. The van der Waals surface area contributed by atoms with Crippen molar-refractivity contribution >= 4 is 16.9 Å². The van der Waals surface area contributed by atoms with Crippen LogP contribution in [0.4, 0.5) is 0 Å². The number of carbonyl (C=O) groups excluding carboxylic acids is 1. The highest BCUT2D eigenvalue weighted by Crippen LogP contribution is 2.24. The average Bonchev–Trinajstić information content (AvgIpc) is 2.32. The van der Waals surface area contributed by atoms with Crippen molar-refractivity contribution in [3.05, 3.63) is 65.2 Å². The van der Waals surface area contributed by atoms with Crippen LogP contribution in [-0.4, -0.2) is 5.12 Å².